The van der Waals surface area contributed by atoms with Crippen molar-refractivity contribution in [1.82, 2.24) is 10.6 Å². The van der Waals surface area contributed by atoms with Gasteiger partial charge in [0.1, 0.15) is 5.82 Å². The molecule has 0 fully saturated rings. The van der Waals surface area contributed by atoms with Crippen LogP contribution in [0.3, 0.4) is 0 Å². The molecule has 0 atom stereocenters. The maximum Gasteiger partial charge on any atom is 0.323 e. The van der Waals surface area contributed by atoms with Crippen LogP contribution in [0.4, 0.5) is 20.6 Å². The number of hydrogen-bond donors (Lipinski definition) is 4. The number of carbonyl (C=O) groups excluding carboxylic acids is 3. The first-order valence-corrected chi connectivity index (χ1v) is 8.46. The number of urea groups is 1. The van der Waals surface area contributed by atoms with E-state index < -0.39 is 11.8 Å². The second kappa shape index (κ2) is 9.91. The van der Waals surface area contributed by atoms with Gasteiger partial charge in [-0.1, -0.05) is 13.0 Å². The molecule has 2 aromatic rings. The summed E-state index contributed by atoms with van der Waals surface area (Å²) in [6, 6.07) is 11.3. The van der Waals surface area contributed by atoms with Crippen LogP contribution in [0.25, 0.3) is 0 Å². The first-order chi connectivity index (χ1) is 13.0. The third-order valence-corrected chi connectivity index (χ3v) is 3.54. The number of halogens is 1. The number of anilines is 2. The van der Waals surface area contributed by atoms with Crippen molar-refractivity contribution in [2.24, 2.45) is 0 Å². The number of rotatable bonds is 7. The second-order valence-corrected chi connectivity index (χ2v) is 5.63. The normalized spacial score (nSPS) is 10.0. The monoisotopic (exact) mass is 372 g/mol. The van der Waals surface area contributed by atoms with Crippen LogP contribution in [-0.2, 0) is 4.79 Å². The maximum atomic E-state index is 13.1. The lowest BCUT2D eigenvalue weighted by molar-refractivity contribution is -0.120. The van der Waals surface area contributed by atoms with E-state index in [4.69, 9.17) is 0 Å². The Kier molecular flexibility index (Phi) is 7.30. The highest BCUT2D eigenvalue weighted by Crippen LogP contribution is 2.12. The highest BCUT2D eigenvalue weighted by Gasteiger charge is 2.07. The van der Waals surface area contributed by atoms with Crippen molar-refractivity contribution in [2.45, 2.75) is 13.3 Å². The van der Waals surface area contributed by atoms with Crippen molar-refractivity contribution in [1.29, 1.82) is 0 Å². The fourth-order valence-corrected chi connectivity index (χ4v) is 2.17. The summed E-state index contributed by atoms with van der Waals surface area (Å²) in [6.45, 7) is 2.43. The fourth-order valence-electron chi connectivity index (χ4n) is 2.17. The summed E-state index contributed by atoms with van der Waals surface area (Å²) in [6.07, 6.45) is 0.398. The van der Waals surface area contributed by atoms with Crippen molar-refractivity contribution >= 4 is 29.2 Å². The minimum Gasteiger partial charge on any atom is -0.354 e. The quantitative estimate of drug-likeness (QED) is 0.562. The molecule has 0 unspecified atom stereocenters. The Balaban J connectivity index is 1.81. The highest BCUT2D eigenvalue weighted by molar-refractivity contribution is 6.00. The minimum atomic E-state index is -0.524. The lowest BCUT2D eigenvalue weighted by atomic mass is 10.2. The average Bonchev–Trinajstić information content (AvgIpc) is 2.65. The van der Waals surface area contributed by atoms with Crippen LogP contribution in [0, 0.1) is 5.82 Å². The van der Waals surface area contributed by atoms with Crippen molar-refractivity contribution < 1.29 is 18.8 Å². The van der Waals surface area contributed by atoms with Crippen molar-refractivity contribution in [3.63, 3.8) is 0 Å². The molecule has 2 aromatic carbocycles. The average molecular weight is 372 g/mol. The molecule has 142 valence electrons. The standard InChI is InChI=1S/C19H21FN4O3/c1-2-17(25)21-10-11-22-18(26)13-6-8-15(9-7-13)23-19(27)24-16-5-3-4-14(20)12-16/h3-9,12H,2,10-11H2,1H3,(H,21,25)(H,22,26)(H2,23,24,27). The zero-order chi connectivity index (χ0) is 19.6. The molecule has 27 heavy (non-hydrogen) atoms. The van der Waals surface area contributed by atoms with Crippen LogP contribution >= 0.6 is 0 Å². The number of hydrogen-bond acceptors (Lipinski definition) is 3. The molecule has 8 heteroatoms. The van der Waals surface area contributed by atoms with E-state index in [2.05, 4.69) is 21.3 Å². The van der Waals surface area contributed by atoms with Crippen molar-refractivity contribution in [2.75, 3.05) is 23.7 Å². The van der Waals surface area contributed by atoms with Gasteiger partial charge in [-0.25, -0.2) is 9.18 Å². The molecule has 0 spiro atoms. The first kappa shape index (κ1) is 19.9. The van der Waals surface area contributed by atoms with Gasteiger partial charge in [0.2, 0.25) is 5.91 Å². The molecule has 0 aliphatic heterocycles. The maximum absolute atomic E-state index is 13.1. The summed E-state index contributed by atoms with van der Waals surface area (Å²) in [5, 5.41) is 10.5. The third-order valence-electron chi connectivity index (χ3n) is 3.54. The van der Waals surface area contributed by atoms with Gasteiger partial charge >= 0.3 is 6.03 Å². The van der Waals surface area contributed by atoms with Crippen LogP contribution in [-0.4, -0.2) is 30.9 Å². The van der Waals surface area contributed by atoms with Crippen LogP contribution in [0.1, 0.15) is 23.7 Å². The number of benzene rings is 2. The molecule has 0 aromatic heterocycles. The predicted octanol–water partition coefficient (Wildman–Crippen LogP) is 2.73. The summed E-state index contributed by atoms with van der Waals surface area (Å²) in [5.74, 6) is -0.801. The van der Waals surface area contributed by atoms with E-state index in [1.54, 1.807) is 37.3 Å². The van der Waals surface area contributed by atoms with E-state index in [0.29, 0.717) is 36.4 Å². The van der Waals surface area contributed by atoms with Crippen LogP contribution < -0.4 is 21.3 Å². The molecule has 0 bridgehead atoms. The summed E-state index contributed by atoms with van der Waals surface area (Å²) in [5.41, 5.74) is 1.24. The van der Waals surface area contributed by atoms with Crippen molar-refractivity contribution in [3.8, 4) is 0 Å². The molecule has 0 aliphatic carbocycles. The van der Waals surface area contributed by atoms with E-state index in [-0.39, 0.29) is 11.8 Å². The number of carbonyl (C=O) groups is 3. The van der Waals surface area contributed by atoms with Crippen molar-refractivity contribution in [3.05, 3.63) is 59.9 Å². The van der Waals surface area contributed by atoms with Gasteiger partial charge in [-0.15, -0.1) is 0 Å². The third kappa shape index (κ3) is 6.77. The van der Waals surface area contributed by atoms with E-state index in [0.717, 1.165) is 0 Å². The Morgan fingerprint density at radius 1 is 0.889 bits per heavy atom. The molecule has 0 aliphatic rings. The van der Waals surface area contributed by atoms with Crippen LogP contribution in [0.5, 0.6) is 0 Å². The zero-order valence-corrected chi connectivity index (χ0v) is 14.8. The van der Waals surface area contributed by atoms with Gasteiger partial charge in [-0.3, -0.25) is 9.59 Å². The lowest BCUT2D eigenvalue weighted by Crippen LogP contribution is -2.34. The van der Waals surface area contributed by atoms with E-state index >= 15 is 0 Å². The molecule has 4 amide bonds. The fraction of sp³-hybridized carbons (Fsp3) is 0.211. The van der Waals surface area contributed by atoms with Crippen LogP contribution in [0.15, 0.2) is 48.5 Å². The molecular formula is C19H21FN4O3. The second-order valence-electron chi connectivity index (χ2n) is 5.63. The van der Waals surface area contributed by atoms with Gasteiger partial charge in [0.15, 0.2) is 0 Å². The van der Waals surface area contributed by atoms with Gasteiger partial charge in [-0.2, -0.15) is 0 Å². The molecule has 0 saturated heterocycles. The summed E-state index contributed by atoms with van der Waals surface area (Å²) < 4.78 is 13.1. The molecule has 0 heterocycles. The summed E-state index contributed by atoms with van der Waals surface area (Å²) in [7, 11) is 0. The van der Waals surface area contributed by atoms with Gasteiger partial charge < -0.3 is 21.3 Å². The zero-order valence-electron chi connectivity index (χ0n) is 14.8. The minimum absolute atomic E-state index is 0.0730. The predicted molar refractivity (Wildman–Crippen MR) is 101 cm³/mol. The Morgan fingerprint density at radius 2 is 1.56 bits per heavy atom. The highest BCUT2D eigenvalue weighted by atomic mass is 19.1. The largest absolute Gasteiger partial charge is 0.354 e. The molecule has 2 rings (SSSR count). The smallest absolute Gasteiger partial charge is 0.323 e. The molecule has 0 saturated carbocycles. The van der Waals surface area contributed by atoms with Gasteiger partial charge in [-0.05, 0) is 42.5 Å². The topological polar surface area (TPSA) is 99.3 Å². The molecule has 0 radical (unpaired) electrons. The molecular weight excluding hydrogens is 351 g/mol. The van der Waals surface area contributed by atoms with E-state index in [1.165, 1.54) is 18.2 Å². The number of nitrogens with one attached hydrogen (secondary N) is 4. The van der Waals surface area contributed by atoms with Crippen LogP contribution in [0.2, 0.25) is 0 Å². The first-order valence-electron chi connectivity index (χ1n) is 8.46. The Hall–Kier alpha value is -3.42. The molecule has 4 N–H and O–H groups in total. The Morgan fingerprint density at radius 3 is 2.22 bits per heavy atom. The summed E-state index contributed by atoms with van der Waals surface area (Å²) >= 11 is 0. The number of amides is 4. The van der Waals surface area contributed by atoms with E-state index in [9.17, 15) is 18.8 Å². The summed E-state index contributed by atoms with van der Waals surface area (Å²) in [4.78, 5) is 35.0. The van der Waals surface area contributed by atoms with Gasteiger partial charge in [0.05, 0.1) is 0 Å². The Bertz CT molecular complexity index is 809. The SMILES string of the molecule is CCC(=O)NCCNC(=O)c1ccc(NC(=O)Nc2cccc(F)c2)cc1. The van der Waals surface area contributed by atoms with Gasteiger partial charge in [0, 0.05) is 36.4 Å². The van der Waals surface area contributed by atoms with E-state index in [1.807, 2.05) is 0 Å². The lowest BCUT2D eigenvalue weighted by Gasteiger charge is -2.09. The Labute approximate surface area is 156 Å². The van der Waals surface area contributed by atoms with Gasteiger partial charge in [0.25, 0.3) is 5.91 Å². The molecule has 7 nitrogen and oxygen atoms in total.